The summed E-state index contributed by atoms with van der Waals surface area (Å²) in [6.07, 6.45) is -4.31. The molecule has 4 rings (SSSR count). The first kappa shape index (κ1) is 22.0. The molecule has 1 N–H and O–H groups in total. The first-order valence-electron chi connectivity index (χ1n) is 10.3. The third-order valence-electron chi connectivity index (χ3n) is 5.62. The minimum Gasteiger partial charge on any atom is -0.385 e. The third kappa shape index (κ3) is 5.19. The molecule has 1 aromatic heterocycles. The van der Waals surface area contributed by atoms with E-state index in [2.05, 4.69) is 27.1 Å². The molecule has 0 radical (unpaired) electrons. The Bertz CT molecular complexity index is 945. The Kier molecular flexibility index (Phi) is 6.49. The standard InChI is InChI=1S/C21H26F3N5OS/c1-28-10-11-29(13-14(28)8-12-30-2)19-18-20(26-16-6-4-3-5-15(16)25-19)31-17(27-18)7-9-21(22,23)24/h3-6,14,26H,7-13H2,1-2H3. The average Bonchev–Trinajstić information content (AvgIpc) is 3.06. The number of alkyl halides is 3. The Morgan fingerprint density at radius 2 is 2.06 bits per heavy atom. The maximum atomic E-state index is 12.8. The van der Waals surface area contributed by atoms with Crippen LogP contribution >= 0.6 is 11.3 Å². The lowest BCUT2D eigenvalue weighted by Gasteiger charge is -2.40. The molecular formula is C21H26F3N5OS. The summed E-state index contributed by atoms with van der Waals surface area (Å²) in [5, 5.41) is 4.56. The zero-order valence-electron chi connectivity index (χ0n) is 17.6. The fraction of sp³-hybridized carbons (Fsp3) is 0.524. The van der Waals surface area contributed by atoms with E-state index in [0.29, 0.717) is 23.4 Å². The van der Waals surface area contributed by atoms with Gasteiger partial charge in [0.25, 0.3) is 0 Å². The van der Waals surface area contributed by atoms with E-state index in [0.717, 1.165) is 48.3 Å². The van der Waals surface area contributed by atoms with E-state index in [1.54, 1.807) is 7.11 Å². The molecule has 0 saturated carbocycles. The van der Waals surface area contributed by atoms with Gasteiger partial charge in [-0.3, -0.25) is 4.90 Å². The molecule has 3 heterocycles. The second-order valence-electron chi connectivity index (χ2n) is 7.84. The number of hydrogen-bond donors (Lipinski definition) is 1. The normalized spacial score (nSPS) is 19.3. The summed E-state index contributed by atoms with van der Waals surface area (Å²) in [5.41, 5.74) is 2.26. The number of fused-ring (bicyclic) bond motifs is 2. The van der Waals surface area contributed by atoms with Crippen LogP contribution in [-0.4, -0.2) is 73.2 Å². The molecule has 0 aliphatic carbocycles. The smallest absolute Gasteiger partial charge is 0.385 e. The Morgan fingerprint density at radius 3 is 2.84 bits per heavy atom. The predicted molar refractivity (Wildman–Crippen MR) is 117 cm³/mol. The molecule has 1 unspecified atom stereocenters. The van der Waals surface area contributed by atoms with Gasteiger partial charge in [0.05, 0.1) is 16.4 Å². The zero-order chi connectivity index (χ0) is 22.0. The van der Waals surface area contributed by atoms with Crippen molar-refractivity contribution in [2.75, 3.05) is 45.7 Å². The van der Waals surface area contributed by atoms with Crippen LogP contribution in [0, 0.1) is 0 Å². The third-order valence-corrected chi connectivity index (χ3v) is 6.65. The number of aromatic nitrogens is 1. The number of ether oxygens (including phenoxy) is 1. The summed E-state index contributed by atoms with van der Waals surface area (Å²) in [6.45, 7) is 3.07. The maximum absolute atomic E-state index is 12.8. The van der Waals surface area contributed by atoms with E-state index >= 15 is 0 Å². The zero-order valence-corrected chi connectivity index (χ0v) is 18.4. The number of piperazine rings is 1. The van der Waals surface area contributed by atoms with Crippen LogP contribution in [0.4, 0.5) is 29.5 Å². The van der Waals surface area contributed by atoms with Gasteiger partial charge in [-0.25, -0.2) is 9.98 Å². The lowest BCUT2D eigenvalue weighted by atomic mass is 10.1. The minimum absolute atomic E-state index is 0.128. The number of halogens is 3. The summed E-state index contributed by atoms with van der Waals surface area (Å²) in [4.78, 5) is 14.0. The average molecular weight is 454 g/mol. The van der Waals surface area contributed by atoms with E-state index in [4.69, 9.17) is 9.73 Å². The van der Waals surface area contributed by atoms with Gasteiger partial charge in [-0.2, -0.15) is 13.2 Å². The minimum atomic E-state index is -4.20. The monoisotopic (exact) mass is 453 g/mol. The second-order valence-corrected chi connectivity index (χ2v) is 8.92. The number of thiazole rings is 1. The van der Waals surface area contributed by atoms with Crippen LogP contribution in [0.2, 0.25) is 0 Å². The number of rotatable bonds is 5. The number of hydrogen-bond acceptors (Lipinski definition) is 7. The summed E-state index contributed by atoms with van der Waals surface area (Å²) in [5.74, 6) is 0.720. The highest BCUT2D eigenvalue weighted by Crippen LogP contribution is 2.38. The Labute approximate surface area is 183 Å². The number of aryl methyl sites for hydroxylation is 1. The molecule has 6 nitrogen and oxygen atoms in total. The van der Waals surface area contributed by atoms with Crippen LogP contribution in [0.3, 0.4) is 0 Å². The molecule has 2 aliphatic heterocycles. The highest BCUT2D eigenvalue weighted by molar-refractivity contribution is 7.16. The molecule has 168 valence electrons. The first-order valence-corrected chi connectivity index (χ1v) is 11.1. The number of benzene rings is 1. The van der Waals surface area contributed by atoms with Gasteiger partial charge in [0.1, 0.15) is 10.7 Å². The fourth-order valence-corrected chi connectivity index (χ4v) is 4.82. The van der Waals surface area contributed by atoms with Crippen LogP contribution in [0.5, 0.6) is 0 Å². The molecule has 0 spiro atoms. The molecule has 2 aliphatic rings. The molecule has 31 heavy (non-hydrogen) atoms. The number of likely N-dealkylation sites (N-methyl/N-ethyl adjacent to an activating group) is 1. The first-order chi connectivity index (χ1) is 14.8. The van der Waals surface area contributed by atoms with E-state index < -0.39 is 12.6 Å². The summed E-state index contributed by atoms with van der Waals surface area (Å²) in [6, 6.07) is 7.99. The quantitative estimate of drug-likeness (QED) is 0.726. The Hall–Kier alpha value is -2.17. The molecule has 1 fully saturated rings. The van der Waals surface area contributed by atoms with Crippen molar-refractivity contribution in [3.63, 3.8) is 0 Å². The van der Waals surface area contributed by atoms with E-state index in [-0.39, 0.29) is 6.42 Å². The van der Waals surface area contributed by atoms with Crippen molar-refractivity contribution in [2.45, 2.75) is 31.5 Å². The van der Waals surface area contributed by atoms with Crippen LogP contribution in [0.15, 0.2) is 29.3 Å². The van der Waals surface area contributed by atoms with Crippen molar-refractivity contribution in [2.24, 2.45) is 4.99 Å². The fourth-order valence-electron chi connectivity index (χ4n) is 3.85. The lowest BCUT2D eigenvalue weighted by molar-refractivity contribution is -0.134. The van der Waals surface area contributed by atoms with Gasteiger partial charge in [-0.05, 0) is 25.6 Å². The van der Waals surface area contributed by atoms with E-state index in [9.17, 15) is 13.2 Å². The number of aliphatic imine (C=N–C) groups is 1. The molecule has 10 heteroatoms. The SMILES string of the molecule is COCCC1CN(C2=Nc3ccccc3Nc3sc(CCC(F)(F)F)nc32)CCN1C. The van der Waals surface area contributed by atoms with Gasteiger partial charge in [0.2, 0.25) is 0 Å². The van der Waals surface area contributed by atoms with Crippen LogP contribution in [-0.2, 0) is 11.2 Å². The molecule has 1 atom stereocenters. The highest BCUT2D eigenvalue weighted by atomic mass is 32.1. The number of nitrogens with zero attached hydrogens (tertiary/aromatic N) is 4. The number of amidine groups is 1. The topological polar surface area (TPSA) is 53.0 Å². The number of nitrogens with one attached hydrogen (secondary N) is 1. The Morgan fingerprint density at radius 1 is 1.26 bits per heavy atom. The van der Waals surface area contributed by atoms with Gasteiger partial charge in [0.15, 0.2) is 5.84 Å². The van der Waals surface area contributed by atoms with Gasteiger partial charge in [0, 0.05) is 52.2 Å². The van der Waals surface area contributed by atoms with Crippen molar-refractivity contribution >= 4 is 33.5 Å². The predicted octanol–water partition coefficient (Wildman–Crippen LogP) is 4.43. The lowest BCUT2D eigenvalue weighted by Crippen LogP contribution is -2.53. The maximum Gasteiger partial charge on any atom is 0.389 e. The molecule has 0 amide bonds. The summed E-state index contributed by atoms with van der Waals surface area (Å²) in [7, 11) is 3.80. The molecule has 1 aromatic carbocycles. The van der Waals surface area contributed by atoms with E-state index in [1.165, 1.54) is 11.3 Å². The highest BCUT2D eigenvalue weighted by Gasteiger charge is 2.32. The summed E-state index contributed by atoms with van der Waals surface area (Å²) < 4.78 is 43.5. The van der Waals surface area contributed by atoms with Gasteiger partial charge in [-0.1, -0.05) is 12.1 Å². The van der Waals surface area contributed by atoms with Gasteiger partial charge >= 0.3 is 6.18 Å². The largest absolute Gasteiger partial charge is 0.389 e. The van der Waals surface area contributed by atoms with Crippen molar-refractivity contribution in [1.82, 2.24) is 14.8 Å². The Balaban J connectivity index is 1.67. The molecule has 0 bridgehead atoms. The van der Waals surface area contributed by atoms with Crippen LogP contribution in [0.1, 0.15) is 23.5 Å². The second kappa shape index (κ2) is 9.13. The molecule has 2 aromatic rings. The summed E-state index contributed by atoms with van der Waals surface area (Å²) >= 11 is 1.28. The van der Waals surface area contributed by atoms with Crippen molar-refractivity contribution in [3.05, 3.63) is 35.0 Å². The number of para-hydroxylation sites is 2. The number of methoxy groups -OCH3 is 1. The number of anilines is 2. The van der Waals surface area contributed by atoms with Crippen molar-refractivity contribution in [3.8, 4) is 0 Å². The van der Waals surface area contributed by atoms with Gasteiger partial charge in [-0.15, -0.1) is 11.3 Å². The van der Waals surface area contributed by atoms with E-state index in [1.807, 2.05) is 24.3 Å². The van der Waals surface area contributed by atoms with Crippen LogP contribution in [0.25, 0.3) is 0 Å². The van der Waals surface area contributed by atoms with Gasteiger partial charge < -0.3 is 15.0 Å². The van der Waals surface area contributed by atoms with Crippen LogP contribution < -0.4 is 5.32 Å². The molecule has 1 saturated heterocycles. The van der Waals surface area contributed by atoms with Crippen molar-refractivity contribution in [1.29, 1.82) is 0 Å². The molecular weight excluding hydrogens is 427 g/mol. The van der Waals surface area contributed by atoms with Crippen molar-refractivity contribution < 1.29 is 17.9 Å².